The number of aromatic nitrogens is 1. The Bertz CT molecular complexity index is 529. The van der Waals surface area contributed by atoms with Crippen LogP contribution in [-0.4, -0.2) is 41.4 Å². The summed E-state index contributed by atoms with van der Waals surface area (Å²) in [7, 11) is 0.814. The van der Waals surface area contributed by atoms with E-state index in [2.05, 4.69) is 10.3 Å². The summed E-state index contributed by atoms with van der Waals surface area (Å²) in [6.45, 7) is 7.75. The van der Waals surface area contributed by atoms with Crippen LogP contribution >= 0.6 is 0 Å². The lowest BCUT2D eigenvalue weighted by atomic mass is 9.84. The van der Waals surface area contributed by atoms with Gasteiger partial charge in [-0.15, -0.1) is 0 Å². The highest BCUT2D eigenvalue weighted by Crippen LogP contribution is 2.36. The number of carbonyl (C=O) groups excluding carboxylic acids is 1. The number of carbonyl (C=O) groups is 1. The van der Waals surface area contributed by atoms with Crippen molar-refractivity contribution in [3.8, 4) is 5.75 Å². The SMILES string of the molecule is CNC(=O)c1nc(B2OC(C)(C)C(C)(C)O2)ccc1O. The van der Waals surface area contributed by atoms with Crippen LogP contribution in [0.25, 0.3) is 0 Å². The third-order valence-electron chi connectivity index (χ3n) is 3.83. The van der Waals surface area contributed by atoms with Gasteiger partial charge in [-0.1, -0.05) is 0 Å². The first-order valence-electron chi connectivity index (χ1n) is 6.45. The quantitative estimate of drug-likeness (QED) is 0.767. The van der Waals surface area contributed by atoms with E-state index in [9.17, 15) is 9.90 Å². The summed E-state index contributed by atoms with van der Waals surface area (Å²) in [5.74, 6) is -0.634. The molecule has 2 heterocycles. The predicted octanol–water partition coefficient (Wildman–Crippen LogP) is 0.446. The van der Waals surface area contributed by atoms with Crippen LogP contribution in [-0.2, 0) is 9.31 Å². The first-order chi connectivity index (χ1) is 9.18. The number of nitrogens with one attached hydrogen (secondary N) is 1. The molecule has 0 bridgehead atoms. The zero-order valence-electron chi connectivity index (χ0n) is 12.4. The molecule has 7 heteroatoms. The minimum Gasteiger partial charge on any atom is -0.505 e. The first-order valence-corrected chi connectivity index (χ1v) is 6.45. The number of aromatic hydroxyl groups is 1. The van der Waals surface area contributed by atoms with Crippen molar-refractivity contribution in [2.45, 2.75) is 38.9 Å². The second-order valence-corrected chi connectivity index (χ2v) is 5.77. The molecule has 1 amide bonds. The second kappa shape index (κ2) is 4.75. The van der Waals surface area contributed by atoms with Gasteiger partial charge in [0.15, 0.2) is 5.69 Å². The fraction of sp³-hybridized carbons (Fsp3) is 0.538. The van der Waals surface area contributed by atoms with Crippen LogP contribution in [0.2, 0.25) is 0 Å². The van der Waals surface area contributed by atoms with E-state index in [0.717, 1.165) is 0 Å². The third kappa shape index (κ3) is 2.38. The Morgan fingerprint density at radius 3 is 2.30 bits per heavy atom. The maximum absolute atomic E-state index is 11.6. The van der Waals surface area contributed by atoms with Gasteiger partial charge in [0.25, 0.3) is 5.91 Å². The highest BCUT2D eigenvalue weighted by Gasteiger charge is 2.52. The van der Waals surface area contributed by atoms with E-state index < -0.39 is 24.2 Å². The van der Waals surface area contributed by atoms with E-state index in [1.165, 1.54) is 13.1 Å². The number of rotatable bonds is 2. The van der Waals surface area contributed by atoms with E-state index in [4.69, 9.17) is 9.31 Å². The Labute approximate surface area is 118 Å². The molecule has 1 aromatic heterocycles. The van der Waals surface area contributed by atoms with Gasteiger partial charge in [-0.3, -0.25) is 4.79 Å². The molecule has 1 fully saturated rings. The number of nitrogens with zero attached hydrogens (tertiary/aromatic N) is 1. The van der Waals surface area contributed by atoms with E-state index >= 15 is 0 Å². The topological polar surface area (TPSA) is 80.7 Å². The fourth-order valence-corrected chi connectivity index (χ4v) is 1.85. The van der Waals surface area contributed by atoms with Gasteiger partial charge < -0.3 is 19.7 Å². The van der Waals surface area contributed by atoms with Gasteiger partial charge in [0.2, 0.25) is 0 Å². The minimum atomic E-state index is -0.663. The van der Waals surface area contributed by atoms with Gasteiger partial charge in [-0.05, 0) is 39.8 Å². The van der Waals surface area contributed by atoms with Gasteiger partial charge in [0, 0.05) is 7.05 Å². The Kier molecular flexibility index (Phi) is 3.52. The molecule has 20 heavy (non-hydrogen) atoms. The van der Waals surface area contributed by atoms with Crippen molar-refractivity contribution in [3.63, 3.8) is 0 Å². The van der Waals surface area contributed by atoms with Crippen molar-refractivity contribution >= 4 is 18.6 Å². The highest BCUT2D eigenvalue weighted by molar-refractivity contribution is 6.61. The van der Waals surface area contributed by atoms with Crippen molar-refractivity contribution < 1.29 is 19.2 Å². The van der Waals surface area contributed by atoms with Crippen molar-refractivity contribution in [1.29, 1.82) is 0 Å². The van der Waals surface area contributed by atoms with E-state index in [1.807, 2.05) is 27.7 Å². The van der Waals surface area contributed by atoms with Gasteiger partial charge in [0.1, 0.15) is 5.75 Å². The number of hydrogen-bond acceptors (Lipinski definition) is 5. The standard InChI is InChI=1S/C13H19BN2O4/c1-12(2)13(3,4)20-14(19-12)9-7-6-8(17)10(16-9)11(18)15-5/h6-7,17H,1-5H3,(H,15,18). The van der Waals surface area contributed by atoms with Crippen LogP contribution < -0.4 is 10.9 Å². The molecule has 2 N–H and O–H groups in total. The zero-order chi connectivity index (χ0) is 15.1. The average Bonchev–Trinajstić information content (AvgIpc) is 2.58. The molecular formula is C13H19BN2O4. The minimum absolute atomic E-state index is 0.0419. The molecule has 1 aliphatic rings. The van der Waals surface area contributed by atoms with Gasteiger partial charge in [0.05, 0.1) is 16.8 Å². The van der Waals surface area contributed by atoms with E-state index in [-0.39, 0.29) is 11.4 Å². The largest absolute Gasteiger partial charge is 0.514 e. The van der Waals surface area contributed by atoms with Crippen LogP contribution in [0.4, 0.5) is 0 Å². The summed E-state index contributed by atoms with van der Waals surface area (Å²) in [5.41, 5.74) is -0.547. The predicted molar refractivity (Wildman–Crippen MR) is 75.0 cm³/mol. The molecule has 0 spiro atoms. The normalized spacial score (nSPS) is 19.9. The molecule has 0 unspecified atom stereocenters. The summed E-state index contributed by atoms with van der Waals surface area (Å²) in [5, 5.41) is 12.1. The molecule has 108 valence electrons. The lowest BCUT2D eigenvalue weighted by molar-refractivity contribution is 0.00578. The molecule has 1 aliphatic heterocycles. The molecule has 1 saturated heterocycles. The summed E-state index contributed by atoms with van der Waals surface area (Å²) in [4.78, 5) is 15.8. The third-order valence-corrected chi connectivity index (χ3v) is 3.83. The number of amides is 1. The van der Waals surface area contributed by atoms with Crippen LogP contribution in [0.5, 0.6) is 5.75 Å². The average molecular weight is 278 g/mol. The van der Waals surface area contributed by atoms with E-state index in [0.29, 0.717) is 5.59 Å². The summed E-state index contributed by atoms with van der Waals surface area (Å²) in [6, 6.07) is 3.00. The monoisotopic (exact) mass is 278 g/mol. The van der Waals surface area contributed by atoms with Crippen LogP contribution in [0.1, 0.15) is 38.2 Å². The maximum atomic E-state index is 11.6. The Hall–Kier alpha value is -1.60. The Morgan fingerprint density at radius 2 is 1.80 bits per heavy atom. The van der Waals surface area contributed by atoms with Gasteiger partial charge >= 0.3 is 7.12 Å². The number of pyridine rings is 1. The molecule has 0 aliphatic carbocycles. The first kappa shape index (κ1) is 14.8. The van der Waals surface area contributed by atoms with Gasteiger partial charge in [-0.25, -0.2) is 4.98 Å². The second-order valence-electron chi connectivity index (χ2n) is 5.77. The summed E-state index contributed by atoms with van der Waals surface area (Å²) in [6.07, 6.45) is 0. The lowest BCUT2D eigenvalue weighted by Gasteiger charge is -2.32. The van der Waals surface area contributed by atoms with Crippen LogP contribution in [0, 0.1) is 0 Å². The maximum Gasteiger partial charge on any atom is 0.514 e. The van der Waals surface area contributed by atoms with Crippen molar-refractivity contribution in [1.82, 2.24) is 10.3 Å². The number of hydrogen-bond donors (Lipinski definition) is 2. The van der Waals surface area contributed by atoms with Crippen LogP contribution in [0.15, 0.2) is 12.1 Å². The van der Waals surface area contributed by atoms with E-state index in [1.54, 1.807) is 6.07 Å². The summed E-state index contributed by atoms with van der Waals surface area (Å²) >= 11 is 0. The van der Waals surface area contributed by atoms with Crippen molar-refractivity contribution in [3.05, 3.63) is 17.8 Å². The molecule has 0 radical (unpaired) electrons. The molecule has 2 rings (SSSR count). The van der Waals surface area contributed by atoms with Crippen molar-refractivity contribution in [2.24, 2.45) is 0 Å². The fourth-order valence-electron chi connectivity index (χ4n) is 1.85. The molecule has 1 aromatic rings. The molecule has 0 saturated carbocycles. The highest BCUT2D eigenvalue weighted by atomic mass is 16.7. The zero-order valence-corrected chi connectivity index (χ0v) is 12.4. The molecule has 0 atom stereocenters. The molecular weight excluding hydrogens is 259 g/mol. The van der Waals surface area contributed by atoms with Crippen molar-refractivity contribution in [2.75, 3.05) is 7.05 Å². The molecule has 0 aromatic carbocycles. The van der Waals surface area contributed by atoms with Crippen LogP contribution in [0.3, 0.4) is 0 Å². The molecule has 6 nitrogen and oxygen atoms in total. The van der Waals surface area contributed by atoms with Gasteiger partial charge in [-0.2, -0.15) is 0 Å². The Morgan fingerprint density at radius 1 is 1.25 bits per heavy atom. The Balaban J connectivity index is 2.34. The summed E-state index contributed by atoms with van der Waals surface area (Å²) < 4.78 is 11.7. The lowest BCUT2D eigenvalue weighted by Crippen LogP contribution is -2.41. The smallest absolute Gasteiger partial charge is 0.505 e.